The third kappa shape index (κ3) is 3.76. The molecule has 0 aliphatic carbocycles. The molecule has 0 unspecified atom stereocenters. The number of rotatable bonds is 5. The molecule has 21 heavy (non-hydrogen) atoms. The molecular weight excluding hydrogens is 298 g/mol. The number of carbonyl (C=O) groups excluding carboxylic acids is 1. The number of primary amides is 1. The van der Waals surface area contributed by atoms with Gasteiger partial charge in [-0.3, -0.25) is 4.79 Å². The van der Waals surface area contributed by atoms with Crippen molar-refractivity contribution >= 4 is 11.7 Å². The molecule has 2 aromatic heterocycles. The van der Waals surface area contributed by atoms with E-state index in [1.54, 1.807) is 36.0 Å². The van der Waals surface area contributed by atoms with E-state index in [1.807, 2.05) is 0 Å². The number of amides is 1. The first-order valence-corrected chi connectivity index (χ1v) is 5.94. The summed E-state index contributed by atoms with van der Waals surface area (Å²) in [7, 11) is 0. The van der Waals surface area contributed by atoms with Crippen LogP contribution in [0.5, 0.6) is 0 Å². The summed E-state index contributed by atoms with van der Waals surface area (Å²) in [6.07, 6.45) is 4.62. The van der Waals surface area contributed by atoms with Gasteiger partial charge in [0.05, 0.1) is 0 Å². The van der Waals surface area contributed by atoms with E-state index in [9.17, 15) is 14.9 Å². The molecule has 0 spiro atoms. The standard InChI is InChI=1S/C12H13N5O3.ClH/c1-9-14-7-11(17(19)20)16(9)6-5-15-4-2-3-10(8-15)12(13)18;/h2-4,7-8H,5-6H2,1H3,(H-,13,18);1H. The Morgan fingerprint density at radius 2 is 2.29 bits per heavy atom. The summed E-state index contributed by atoms with van der Waals surface area (Å²) < 4.78 is 3.27. The molecule has 0 fully saturated rings. The Kier molecular flexibility index (Phi) is 5.37. The van der Waals surface area contributed by atoms with Gasteiger partial charge in [0.1, 0.15) is 11.8 Å². The predicted octanol–water partition coefficient (Wildman–Crippen LogP) is -2.81. The molecule has 2 heterocycles. The SMILES string of the molecule is Cc1ncc([N+](=O)[O-])n1CC[n+]1cccc(C(N)=O)c1.[Cl-]. The highest BCUT2D eigenvalue weighted by Gasteiger charge is 2.18. The van der Waals surface area contributed by atoms with E-state index < -0.39 is 10.8 Å². The van der Waals surface area contributed by atoms with Gasteiger partial charge in [0.25, 0.3) is 5.91 Å². The number of nitrogens with two attached hydrogens (primary N) is 1. The van der Waals surface area contributed by atoms with E-state index in [0.29, 0.717) is 24.5 Å². The first-order chi connectivity index (χ1) is 9.49. The summed E-state index contributed by atoms with van der Waals surface area (Å²) in [5, 5.41) is 10.9. The summed E-state index contributed by atoms with van der Waals surface area (Å²) in [4.78, 5) is 25.4. The van der Waals surface area contributed by atoms with E-state index in [4.69, 9.17) is 5.73 Å². The highest BCUT2D eigenvalue weighted by atomic mass is 35.5. The van der Waals surface area contributed by atoms with Crippen LogP contribution in [0.1, 0.15) is 16.2 Å². The van der Waals surface area contributed by atoms with Crippen LogP contribution < -0.4 is 22.7 Å². The van der Waals surface area contributed by atoms with Gasteiger partial charge in [0.2, 0.25) is 0 Å². The third-order valence-electron chi connectivity index (χ3n) is 2.95. The van der Waals surface area contributed by atoms with Crippen LogP contribution in [0.2, 0.25) is 0 Å². The number of nitrogens with zero attached hydrogens (tertiary/aromatic N) is 4. The maximum absolute atomic E-state index is 11.1. The Balaban J connectivity index is 0.00000220. The highest BCUT2D eigenvalue weighted by Crippen LogP contribution is 2.12. The minimum Gasteiger partial charge on any atom is -1.00 e. The zero-order chi connectivity index (χ0) is 14.7. The fourth-order valence-corrected chi connectivity index (χ4v) is 1.90. The largest absolute Gasteiger partial charge is 1.00 e. The van der Waals surface area contributed by atoms with Gasteiger partial charge in [-0.15, -0.1) is 0 Å². The van der Waals surface area contributed by atoms with Crippen molar-refractivity contribution in [1.29, 1.82) is 0 Å². The van der Waals surface area contributed by atoms with Crippen molar-refractivity contribution in [3.8, 4) is 0 Å². The second-order valence-electron chi connectivity index (χ2n) is 4.27. The van der Waals surface area contributed by atoms with Crippen molar-refractivity contribution in [3.63, 3.8) is 0 Å². The van der Waals surface area contributed by atoms with Crippen molar-refractivity contribution in [2.75, 3.05) is 0 Å². The number of pyridine rings is 1. The van der Waals surface area contributed by atoms with Gasteiger partial charge in [-0.05, 0) is 11.0 Å². The summed E-state index contributed by atoms with van der Waals surface area (Å²) in [6.45, 7) is 2.56. The molecule has 0 aliphatic heterocycles. The smallest absolute Gasteiger partial charge is 0.343 e. The normalized spacial score (nSPS) is 9.95. The van der Waals surface area contributed by atoms with E-state index in [1.165, 1.54) is 10.8 Å². The Labute approximate surface area is 126 Å². The van der Waals surface area contributed by atoms with E-state index >= 15 is 0 Å². The second kappa shape index (κ2) is 6.80. The molecule has 2 N–H and O–H groups in total. The van der Waals surface area contributed by atoms with Crippen LogP contribution in [0.15, 0.2) is 30.7 Å². The summed E-state index contributed by atoms with van der Waals surface area (Å²) >= 11 is 0. The van der Waals surface area contributed by atoms with Crippen LogP contribution in [0.3, 0.4) is 0 Å². The molecule has 2 rings (SSSR count). The number of halogens is 1. The minimum atomic E-state index is -0.510. The highest BCUT2D eigenvalue weighted by molar-refractivity contribution is 5.92. The summed E-state index contributed by atoms with van der Waals surface area (Å²) in [5.74, 6) is 0.0154. The van der Waals surface area contributed by atoms with Gasteiger partial charge in [-0.2, -0.15) is 0 Å². The number of imidazole rings is 1. The molecule has 9 heteroatoms. The van der Waals surface area contributed by atoms with Gasteiger partial charge in [-0.25, -0.2) is 14.1 Å². The molecule has 0 radical (unpaired) electrons. The lowest BCUT2D eigenvalue weighted by atomic mass is 10.3. The van der Waals surface area contributed by atoms with Gasteiger partial charge >= 0.3 is 5.82 Å². The van der Waals surface area contributed by atoms with Gasteiger partial charge in [0.15, 0.2) is 31.3 Å². The first-order valence-electron chi connectivity index (χ1n) is 5.94. The second-order valence-corrected chi connectivity index (χ2v) is 4.27. The van der Waals surface area contributed by atoms with Gasteiger partial charge in [0, 0.05) is 13.0 Å². The Morgan fingerprint density at radius 1 is 1.57 bits per heavy atom. The molecule has 2 aromatic rings. The molecule has 0 atom stereocenters. The lowest BCUT2D eigenvalue weighted by molar-refractivity contribution is -0.698. The van der Waals surface area contributed by atoms with Crippen molar-refractivity contribution in [2.24, 2.45) is 5.73 Å². The minimum absolute atomic E-state index is 0. The van der Waals surface area contributed by atoms with Crippen LogP contribution in [-0.2, 0) is 13.1 Å². The van der Waals surface area contributed by atoms with Crippen molar-refractivity contribution in [2.45, 2.75) is 20.0 Å². The lowest BCUT2D eigenvalue weighted by Crippen LogP contribution is -3.00. The van der Waals surface area contributed by atoms with Crippen LogP contribution in [0, 0.1) is 17.0 Å². The van der Waals surface area contributed by atoms with Crippen LogP contribution >= 0.6 is 0 Å². The van der Waals surface area contributed by atoms with Gasteiger partial charge in [-0.1, -0.05) is 0 Å². The van der Waals surface area contributed by atoms with E-state index in [2.05, 4.69) is 4.98 Å². The third-order valence-corrected chi connectivity index (χ3v) is 2.95. The molecular formula is C12H14ClN5O3. The molecule has 1 amide bonds. The van der Waals surface area contributed by atoms with Crippen LogP contribution in [0.25, 0.3) is 0 Å². The maximum atomic E-state index is 11.1. The van der Waals surface area contributed by atoms with Crippen LogP contribution in [0.4, 0.5) is 5.82 Å². The molecule has 112 valence electrons. The molecule has 0 saturated carbocycles. The Bertz CT molecular complexity index is 671. The number of hydrogen-bond donors (Lipinski definition) is 1. The number of aromatic nitrogens is 3. The monoisotopic (exact) mass is 311 g/mol. The zero-order valence-electron chi connectivity index (χ0n) is 11.3. The average Bonchev–Trinajstić information content (AvgIpc) is 2.78. The van der Waals surface area contributed by atoms with Crippen molar-refractivity contribution in [1.82, 2.24) is 9.55 Å². The average molecular weight is 312 g/mol. The number of carbonyl (C=O) groups is 1. The van der Waals surface area contributed by atoms with E-state index in [-0.39, 0.29) is 18.2 Å². The van der Waals surface area contributed by atoms with E-state index in [0.717, 1.165) is 0 Å². The van der Waals surface area contributed by atoms with Crippen molar-refractivity contribution < 1.29 is 26.7 Å². The molecule has 0 aliphatic rings. The van der Waals surface area contributed by atoms with Crippen molar-refractivity contribution in [3.05, 3.63) is 52.2 Å². The topological polar surface area (TPSA) is 108 Å². The summed E-state index contributed by atoms with van der Waals surface area (Å²) in [6, 6.07) is 3.32. The molecule has 8 nitrogen and oxygen atoms in total. The predicted molar refractivity (Wildman–Crippen MR) is 68.8 cm³/mol. The Hall–Kier alpha value is -2.48. The number of hydrogen-bond acceptors (Lipinski definition) is 4. The molecule has 0 bridgehead atoms. The number of nitro groups is 1. The zero-order valence-corrected chi connectivity index (χ0v) is 12.0. The summed E-state index contributed by atoms with van der Waals surface area (Å²) in [5.41, 5.74) is 5.60. The maximum Gasteiger partial charge on any atom is 0.343 e. The number of aryl methyl sites for hydroxylation is 2. The fourth-order valence-electron chi connectivity index (χ4n) is 1.90. The quantitative estimate of drug-likeness (QED) is 0.365. The lowest BCUT2D eigenvalue weighted by Gasteiger charge is -2.01. The fraction of sp³-hybridized carbons (Fsp3) is 0.250. The Morgan fingerprint density at radius 3 is 2.90 bits per heavy atom. The first kappa shape index (κ1) is 16.6. The van der Waals surface area contributed by atoms with Gasteiger partial charge < -0.3 is 28.3 Å². The molecule has 0 aromatic carbocycles. The van der Waals surface area contributed by atoms with Crippen LogP contribution in [-0.4, -0.2) is 20.4 Å². The molecule has 0 saturated heterocycles.